The first kappa shape index (κ1) is 16.9. The summed E-state index contributed by atoms with van der Waals surface area (Å²) in [6, 6.07) is 3.40. The summed E-state index contributed by atoms with van der Waals surface area (Å²) in [7, 11) is 0. The third kappa shape index (κ3) is 6.74. The van der Waals surface area contributed by atoms with Gasteiger partial charge in [-0.15, -0.1) is 0 Å². The summed E-state index contributed by atoms with van der Waals surface area (Å²) in [5, 5.41) is 12.0. The molecule has 0 aliphatic rings. The Morgan fingerprint density at radius 3 is 2.76 bits per heavy atom. The lowest BCUT2D eigenvalue weighted by Crippen LogP contribution is -2.14. The van der Waals surface area contributed by atoms with Gasteiger partial charge in [0.2, 0.25) is 0 Å². The monoisotopic (exact) mass is 293 g/mol. The smallest absolute Gasteiger partial charge is 0.303 e. The number of carboxylic acid groups (broad SMARTS) is 1. The van der Waals surface area contributed by atoms with Gasteiger partial charge in [-0.1, -0.05) is 19.8 Å². The molecule has 0 saturated heterocycles. The molecule has 1 rings (SSSR count). The van der Waals surface area contributed by atoms with Crippen LogP contribution in [-0.2, 0) is 4.79 Å². The fourth-order valence-corrected chi connectivity index (χ4v) is 2.26. The Balaban J connectivity index is 2.44. The van der Waals surface area contributed by atoms with Crippen LogP contribution in [0.3, 0.4) is 0 Å². The number of primary amides is 1. The summed E-state index contributed by atoms with van der Waals surface area (Å²) in [6.07, 6.45) is 5.43. The van der Waals surface area contributed by atoms with Gasteiger partial charge >= 0.3 is 5.97 Å². The predicted molar refractivity (Wildman–Crippen MR) is 81.1 cm³/mol. The summed E-state index contributed by atoms with van der Waals surface area (Å²) in [5.41, 5.74) is 6.21. The average Bonchev–Trinajstić information content (AvgIpc) is 2.45. The highest BCUT2D eigenvalue weighted by atomic mass is 16.4. The number of hydrogen-bond acceptors (Lipinski definition) is 4. The maximum absolute atomic E-state index is 11.0. The van der Waals surface area contributed by atoms with Gasteiger partial charge in [0.15, 0.2) is 0 Å². The number of carboxylic acids is 1. The van der Waals surface area contributed by atoms with E-state index in [4.69, 9.17) is 10.8 Å². The molecule has 0 aliphatic carbocycles. The molecule has 1 aromatic heterocycles. The zero-order chi connectivity index (χ0) is 15.7. The van der Waals surface area contributed by atoms with Gasteiger partial charge in [-0.3, -0.25) is 14.6 Å². The maximum Gasteiger partial charge on any atom is 0.303 e. The quantitative estimate of drug-likeness (QED) is 0.613. The van der Waals surface area contributed by atoms with E-state index in [0.29, 0.717) is 12.3 Å². The number of aromatic nitrogens is 1. The highest BCUT2D eigenvalue weighted by Gasteiger charge is 2.10. The summed E-state index contributed by atoms with van der Waals surface area (Å²) in [4.78, 5) is 25.6. The van der Waals surface area contributed by atoms with Crippen molar-refractivity contribution in [3.63, 3.8) is 0 Å². The largest absolute Gasteiger partial charge is 0.481 e. The Kier molecular flexibility index (Phi) is 7.21. The lowest BCUT2D eigenvalue weighted by Gasteiger charge is -2.16. The van der Waals surface area contributed by atoms with Crippen LogP contribution < -0.4 is 11.1 Å². The minimum atomic E-state index is -0.746. The van der Waals surface area contributed by atoms with Gasteiger partial charge in [-0.05, 0) is 30.9 Å². The zero-order valence-corrected chi connectivity index (χ0v) is 12.3. The molecule has 0 spiro atoms. The number of carbonyl (C=O) groups is 2. The molecule has 1 unspecified atom stereocenters. The average molecular weight is 293 g/mol. The van der Waals surface area contributed by atoms with Crippen LogP contribution in [0.15, 0.2) is 18.3 Å². The first-order valence-corrected chi connectivity index (χ1v) is 7.24. The number of pyridine rings is 1. The van der Waals surface area contributed by atoms with Gasteiger partial charge in [0.1, 0.15) is 5.69 Å². The second-order valence-electron chi connectivity index (χ2n) is 5.10. The van der Waals surface area contributed by atoms with Crippen LogP contribution in [0.1, 0.15) is 49.5 Å². The molecule has 6 heteroatoms. The second-order valence-corrected chi connectivity index (χ2v) is 5.10. The molecule has 0 saturated carbocycles. The molecule has 0 radical (unpaired) electrons. The van der Waals surface area contributed by atoms with Crippen LogP contribution in [0.25, 0.3) is 0 Å². The van der Waals surface area contributed by atoms with Crippen molar-refractivity contribution in [1.29, 1.82) is 0 Å². The van der Waals surface area contributed by atoms with E-state index in [1.165, 1.54) is 6.20 Å². The van der Waals surface area contributed by atoms with E-state index >= 15 is 0 Å². The number of amides is 1. The number of rotatable bonds is 10. The van der Waals surface area contributed by atoms with Crippen molar-refractivity contribution >= 4 is 17.6 Å². The minimum absolute atomic E-state index is 0.214. The van der Waals surface area contributed by atoms with Gasteiger partial charge in [-0.25, -0.2) is 0 Å². The number of hydrogen-bond donors (Lipinski definition) is 3. The van der Waals surface area contributed by atoms with Crippen molar-refractivity contribution in [1.82, 2.24) is 4.98 Å². The molecule has 1 atom stereocenters. The van der Waals surface area contributed by atoms with Crippen molar-refractivity contribution < 1.29 is 14.7 Å². The molecule has 6 nitrogen and oxygen atoms in total. The number of nitrogens with two attached hydrogens (primary N) is 1. The number of nitrogens with one attached hydrogen (secondary N) is 1. The van der Waals surface area contributed by atoms with Crippen LogP contribution in [0.5, 0.6) is 0 Å². The van der Waals surface area contributed by atoms with E-state index in [1.807, 2.05) is 0 Å². The van der Waals surface area contributed by atoms with E-state index in [1.54, 1.807) is 12.1 Å². The first-order chi connectivity index (χ1) is 10.0. The Bertz CT molecular complexity index is 477. The molecule has 0 fully saturated rings. The summed E-state index contributed by atoms with van der Waals surface area (Å²) < 4.78 is 0. The topological polar surface area (TPSA) is 105 Å². The van der Waals surface area contributed by atoms with Crippen LogP contribution in [0, 0.1) is 5.92 Å². The highest BCUT2D eigenvalue weighted by Crippen LogP contribution is 2.18. The lowest BCUT2D eigenvalue weighted by atomic mass is 9.94. The third-order valence-corrected chi connectivity index (χ3v) is 3.36. The summed E-state index contributed by atoms with van der Waals surface area (Å²) >= 11 is 0. The molecule has 1 heterocycles. The Morgan fingerprint density at radius 1 is 1.38 bits per heavy atom. The van der Waals surface area contributed by atoms with Crippen molar-refractivity contribution in [2.24, 2.45) is 11.7 Å². The molecule has 1 aromatic rings. The molecule has 116 valence electrons. The standard InChI is InChI=1S/C15H23N3O3/c1-2-3-11(4-5-14(19)20)6-8-17-12-7-9-18-13(10-12)15(16)21/h7,9-11H,2-6,8H2,1H3,(H2,16,21)(H,17,18)(H,19,20). The van der Waals surface area contributed by atoms with Gasteiger partial charge < -0.3 is 16.2 Å². The van der Waals surface area contributed by atoms with Gasteiger partial charge in [-0.2, -0.15) is 0 Å². The molecule has 0 bridgehead atoms. The molecule has 1 amide bonds. The zero-order valence-electron chi connectivity index (χ0n) is 12.3. The Labute approximate surface area is 124 Å². The number of nitrogens with zero attached hydrogens (tertiary/aromatic N) is 1. The number of anilines is 1. The van der Waals surface area contributed by atoms with E-state index < -0.39 is 11.9 Å². The van der Waals surface area contributed by atoms with Gasteiger partial charge in [0.25, 0.3) is 5.91 Å². The van der Waals surface area contributed by atoms with E-state index in [2.05, 4.69) is 17.2 Å². The molecule has 0 aromatic carbocycles. The fourth-order valence-electron chi connectivity index (χ4n) is 2.26. The second kappa shape index (κ2) is 8.94. The van der Waals surface area contributed by atoms with Crippen molar-refractivity contribution in [3.05, 3.63) is 24.0 Å². The molecular formula is C15H23N3O3. The summed E-state index contributed by atoms with van der Waals surface area (Å²) in [5.74, 6) is -0.899. The molecular weight excluding hydrogens is 270 g/mol. The molecule has 4 N–H and O–H groups in total. The maximum atomic E-state index is 11.0. The van der Waals surface area contributed by atoms with E-state index in [-0.39, 0.29) is 12.1 Å². The molecule has 21 heavy (non-hydrogen) atoms. The normalized spacial score (nSPS) is 11.9. The fraction of sp³-hybridized carbons (Fsp3) is 0.533. The van der Waals surface area contributed by atoms with Crippen LogP contribution in [0.2, 0.25) is 0 Å². The van der Waals surface area contributed by atoms with E-state index in [0.717, 1.165) is 31.5 Å². The van der Waals surface area contributed by atoms with Crippen LogP contribution in [0.4, 0.5) is 5.69 Å². The van der Waals surface area contributed by atoms with Crippen molar-refractivity contribution in [2.45, 2.75) is 39.0 Å². The SMILES string of the molecule is CCCC(CCNc1ccnc(C(N)=O)c1)CCC(=O)O. The number of carbonyl (C=O) groups excluding carboxylic acids is 1. The Morgan fingerprint density at radius 2 is 2.14 bits per heavy atom. The van der Waals surface area contributed by atoms with Gasteiger partial charge in [0.05, 0.1) is 0 Å². The lowest BCUT2D eigenvalue weighted by molar-refractivity contribution is -0.137. The molecule has 0 aliphatic heterocycles. The third-order valence-electron chi connectivity index (χ3n) is 3.36. The van der Waals surface area contributed by atoms with Crippen molar-refractivity contribution in [3.8, 4) is 0 Å². The Hall–Kier alpha value is -2.11. The van der Waals surface area contributed by atoms with E-state index in [9.17, 15) is 9.59 Å². The highest BCUT2D eigenvalue weighted by molar-refractivity contribution is 5.91. The van der Waals surface area contributed by atoms with Gasteiger partial charge in [0, 0.05) is 24.8 Å². The summed E-state index contributed by atoms with van der Waals surface area (Å²) in [6.45, 7) is 2.83. The number of aliphatic carboxylic acids is 1. The first-order valence-electron chi connectivity index (χ1n) is 7.24. The van der Waals surface area contributed by atoms with Crippen molar-refractivity contribution in [2.75, 3.05) is 11.9 Å². The minimum Gasteiger partial charge on any atom is -0.481 e. The van der Waals surface area contributed by atoms with Crippen LogP contribution in [-0.4, -0.2) is 28.5 Å². The predicted octanol–water partition coefficient (Wildman–Crippen LogP) is 2.26. The van der Waals surface area contributed by atoms with Crippen LogP contribution >= 0.6 is 0 Å².